The number of aryl methyl sites for hydroxylation is 1. The minimum absolute atomic E-state index is 0.199. The normalized spacial score (nSPS) is 12.1. The molecule has 0 unspecified atom stereocenters. The van der Waals surface area contributed by atoms with E-state index in [2.05, 4.69) is 39.9 Å². The van der Waals surface area contributed by atoms with E-state index >= 15 is 0 Å². The van der Waals surface area contributed by atoms with Gasteiger partial charge in [-0.25, -0.2) is 4.98 Å². The largest absolute Gasteiger partial charge is 0.368 e. The van der Waals surface area contributed by atoms with Gasteiger partial charge in [-0.15, -0.1) is 11.3 Å². The van der Waals surface area contributed by atoms with Gasteiger partial charge in [0.15, 0.2) is 0 Å². The molecule has 0 radical (unpaired) electrons. The van der Waals surface area contributed by atoms with Crippen molar-refractivity contribution in [2.45, 2.75) is 53.6 Å². The summed E-state index contributed by atoms with van der Waals surface area (Å²) in [4.78, 5) is 14.3. The van der Waals surface area contributed by atoms with E-state index in [1.165, 1.54) is 10.1 Å². The fourth-order valence-electron chi connectivity index (χ4n) is 4.52. The molecule has 204 valence electrons. The molecule has 40 heavy (non-hydrogen) atoms. The molecular formula is C32H35N7S. The van der Waals surface area contributed by atoms with Gasteiger partial charge in [0.1, 0.15) is 17.5 Å². The zero-order valence-corrected chi connectivity index (χ0v) is 24.5. The Bertz CT molecular complexity index is 1770. The summed E-state index contributed by atoms with van der Waals surface area (Å²) < 4.78 is 1.17. The van der Waals surface area contributed by atoms with Crippen LogP contribution >= 0.6 is 11.3 Å². The smallest absolute Gasteiger partial charge is 0.138 e. The van der Waals surface area contributed by atoms with E-state index in [-0.39, 0.29) is 12.1 Å². The predicted octanol–water partition coefficient (Wildman–Crippen LogP) is 7.54. The standard InChI is InChI=1S/C32H35N7S/c1-17(2)35-30(33)22-8-7-19(5)26(13-22)37-20(6)28-15-21-9-10-24(16-29(21)40-28)32-38-25-12-11-23(14-27(25)39-32)31(34)36-18(3)4/h7-18H,1-6H3,(H2,33,35)(H2,34,36)(H,38,39)/b37-20+. The molecule has 0 amide bonds. The minimum Gasteiger partial charge on any atom is -0.368 e. The summed E-state index contributed by atoms with van der Waals surface area (Å²) in [5, 5.41) is 24.1. The number of benzene rings is 3. The van der Waals surface area contributed by atoms with Crippen LogP contribution in [0.15, 0.2) is 65.7 Å². The lowest BCUT2D eigenvalue weighted by Gasteiger charge is -2.12. The van der Waals surface area contributed by atoms with E-state index < -0.39 is 0 Å². The highest BCUT2D eigenvalue weighted by Crippen LogP contribution is 2.32. The number of fused-ring (bicyclic) bond motifs is 2. The van der Waals surface area contributed by atoms with Crippen LogP contribution < -0.4 is 10.6 Å². The Labute approximate surface area is 238 Å². The van der Waals surface area contributed by atoms with Crippen molar-refractivity contribution in [1.82, 2.24) is 20.6 Å². The monoisotopic (exact) mass is 549 g/mol. The SMILES string of the molecule is C/C(=N\c1cc(C(=N)NC(C)C)ccc1C)c1cc2ccc(-c3nc4cc(C(=N)NC(C)C)ccc4[nH]3)cc2s1. The Kier molecular flexibility index (Phi) is 7.54. The van der Waals surface area contributed by atoms with Gasteiger partial charge in [0, 0.05) is 38.4 Å². The Balaban J connectivity index is 1.42. The molecule has 0 spiro atoms. The van der Waals surface area contributed by atoms with Gasteiger partial charge in [-0.1, -0.05) is 24.3 Å². The Morgan fingerprint density at radius 2 is 1.55 bits per heavy atom. The van der Waals surface area contributed by atoms with Gasteiger partial charge in [0.25, 0.3) is 0 Å². The first kappa shape index (κ1) is 27.3. The number of nitrogens with one attached hydrogen (secondary N) is 5. The average Bonchev–Trinajstić information content (AvgIpc) is 3.52. The van der Waals surface area contributed by atoms with Crippen LogP contribution in [0.1, 0.15) is 56.2 Å². The van der Waals surface area contributed by atoms with Crippen molar-refractivity contribution in [3.63, 3.8) is 0 Å². The average molecular weight is 550 g/mol. The molecule has 0 saturated heterocycles. The molecule has 5 aromatic rings. The van der Waals surface area contributed by atoms with Gasteiger partial charge in [0.2, 0.25) is 0 Å². The van der Waals surface area contributed by atoms with Crippen LogP contribution in [-0.2, 0) is 0 Å². The Morgan fingerprint density at radius 1 is 0.875 bits per heavy atom. The number of hydrogen-bond acceptors (Lipinski definition) is 5. The summed E-state index contributed by atoms with van der Waals surface area (Å²) in [5.74, 6) is 1.62. The Morgan fingerprint density at radius 3 is 2.25 bits per heavy atom. The minimum atomic E-state index is 0.199. The van der Waals surface area contributed by atoms with E-state index in [0.29, 0.717) is 11.7 Å². The molecule has 0 fully saturated rings. The number of H-pyrrole nitrogens is 1. The number of imidazole rings is 1. The predicted molar refractivity (Wildman–Crippen MR) is 170 cm³/mol. The molecule has 0 aliphatic heterocycles. The first-order valence-corrected chi connectivity index (χ1v) is 14.3. The van der Waals surface area contributed by atoms with Crippen LogP contribution in [-0.4, -0.2) is 39.4 Å². The van der Waals surface area contributed by atoms with Crippen molar-refractivity contribution in [2.24, 2.45) is 4.99 Å². The molecule has 0 aliphatic carbocycles. The van der Waals surface area contributed by atoms with Gasteiger partial charge in [0.05, 0.1) is 22.4 Å². The molecular weight excluding hydrogens is 514 g/mol. The van der Waals surface area contributed by atoms with E-state index in [9.17, 15) is 0 Å². The number of hydrogen-bond donors (Lipinski definition) is 5. The molecule has 8 heteroatoms. The zero-order chi connectivity index (χ0) is 28.6. The summed E-state index contributed by atoms with van der Waals surface area (Å²) in [6.07, 6.45) is 0. The van der Waals surface area contributed by atoms with Crippen LogP contribution in [0.4, 0.5) is 5.69 Å². The third-order valence-electron chi connectivity index (χ3n) is 6.57. The first-order chi connectivity index (χ1) is 19.1. The van der Waals surface area contributed by atoms with Gasteiger partial charge < -0.3 is 15.6 Å². The Hall–Kier alpha value is -4.30. The quantitative estimate of drug-likeness (QED) is 0.107. The molecule has 7 nitrogen and oxygen atoms in total. The highest BCUT2D eigenvalue weighted by atomic mass is 32.1. The molecule has 2 aromatic heterocycles. The van der Waals surface area contributed by atoms with E-state index in [1.807, 2.05) is 77.9 Å². The zero-order valence-electron chi connectivity index (χ0n) is 23.7. The third-order valence-corrected chi connectivity index (χ3v) is 7.78. The highest BCUT2D eigenvalue weighted by molar-refractivity contribution is 7.20. The number of amidine groups is 2. The van der Waals surface area contributed by atoms with Crippen LogP contribution in [0.5, 0.6) is 0 Å². The fraction of sp³-hybridized carbons (Fsp3) is 0.250. The van der Waals surface area contributed by atoms with E-state index in [1.54, 1.807) is 11.3 Å². The van der Waals surface area contributed by atoms with Gasteiger partial charge in [-0.3, -0.25) is 15.8 Å². The van der Waals surface area contributed by atoms with E-state index in [0.717, 1.165) is 55.4 Å². The maximum atomic E-state index is 8.35. The van der Waals surface area contributed by atoms with E-state index in [4.69, 9.17) is 20.8 Å². The van der Waals surface area contributed by atoms with Gasteiger partial charge in [-0.2, -0.15) is 0 Å². The molecule has 5 N–H and O–H groups in total. The summed E-state index contributed by atoms with van der Waals surface area (Å²) in [5.41, 5.74) is 7.35. The van der Waals surface area contributed by atoms with Crippen molar-refractivity contribution in [3.05, 3.63) is 82.2 Å². The van der Waals surface area contributed by atoms with Crippen LogP contribution in [0.3, 0.4) is 0 Å². The number of aromatic nitrogens is 2. The van der Waals surface area contributed by atoms with Crippen molar-refractivity contribution in [1.29, 1.82) is 10.8 Å². The van der Waals surface area contributed by atoms with Crippen LogP contribution in [0, 0.1) is 17.7 Å². The molecule has 5 rings (SSSR count). The van der Waals surface area contributed by atoms with Crippen molar-refractivity contribution in [2.75, 3.05) is 0 Å². The molecule has 0 aliphatic rings. The molecule has 2 heterocycles. The number of aliphatic imine (C=N–C) groups is 1. The summed E-state index contributed by atoms with van der Waals surface area (Å²) in [7, 11) is 0. The second-order valence-corrected chi connectivity index (χ2v) is 11.8. The second kappa shape index (κ2) is 11.1. The molecule has 0 atom stereocenters. The number of rotatable bonds is 7. The lowest BCUT2D eigenvalue weighted by molar-refractivity contribution is 0.730. The highest BCUT2D eigenvalue weighted by Gasteiger charge is 2.12. The molecule has 0 bridgehead atoms. The third kappa shape index (κ3) is 5.82. The fourth-order valence-corrected chi connectivity index (χ4v) is 5.57. The molecule has 3 aromatic carbocycles. The van der Waals surface area contributed by atoms with Crippen molar-refractivity contribution < 1.29 is 0 Å². The van der Waals surface area contributed by atoms with Crippen LogP contribution in [0.25, 0.3) is 32.5 Å². The lowest BCUT2D eigenvalue weighted by Crippen LogP contribution is -2.30. The lowest BCUT2D eigenvalue weighted by atomic mass is 10.1. The maximum Gasteiger partial charge on any atom is 0.138 e. The number of thiophene rings is 1. The molecule has 0 saturated carbocycles. The van der Waals surface area contributed by atoms with Gasteiger partial charge >= 0.3 is 0 Å². The summed E-state index contributed by atoms with van der Waals surface area (Å²) in [6.45, 7) is 12.2. The van der Waals surface area contributed by atoms with Crippen molar-refractivity contribution in [3.8, 4) is 11.4 Å². The first-order valence-electron chi connectivity index (χ1n) is 13.5. The van der Waals surface area contributed by atoms with Gasteiger partial charge in [-0.05, 0) is 88.9 Å². The van der Waals surface area contributed by atoms with Crippen LogP contribution in [0.2, 0.25) is 0 Å². The topological polar surface area (TPSA) is 113 Å². The van der Waals surface area contributed by atoms with Crippen molar-refractivity contribution >= 4 is 55.5 Å². The summed E-state index contributed by atoms with van der Waals surface area (Å²) >= 11 is 1.71. The summed E-state index contributed by atoms with van der Waals surface area (Å²) in [6, 6.07) is 20.8. The number of aromatic amines is 1. The maximum absolute atomic E-state index is 8.35. The second-order valence-electron chi connectivity index (χ2n) is 10.7. The number of nitrogens with zero attached hydrogens (tertiary/aromatic N) is 2.